The van der Waals surface area contributed by atoms with Gasteiger partial charge >= 0.3 is 5.97 Å². The van der Waals surface area contributed by atoms with E-state index >= 15 is 0 Å². The Balaban J connectivity index is 2.69. The molecule has 1 aliphatic rings. The largest absolute Gasteiger partial charge is 0.465 e. The second-order valence-corrected chi connectivity index (χ2v) is 5.61. The van der Waals surface area contributed by atoms with E-state index in [2.05, 4.69) is 0 Å². The van der Waals surface area contributed by atoms with Crippen LogP contribution in [0.2, 0.25) is 0 Å². The molecule has 21 heavy (non-hydrogen) atoms. The van der Waals surface area contributed by atoms with Gasteiger partial charge in [0.2, 0.25) is 11.8 Å². The average Bonchev–Trinajstić information content (AvgIpc) is 2.80. The van der Waals surface area contributed by atoms with E-state index in [9.17, 15) is 14.4 Å². The Hall–Kier alpha value is -1.59. The summed E-state index contributed by atoms with van der Waals surface area (Å²) in [6, 6.07) is 0.0972. The third kappa shape index (κ3) is 4.72. The molecule has 0 bridgehead atoms. The summed E-state index contributed by atoms with van der Waals surface area (Å²) in [4.78, 5) is 39.3. The lowest BCUT2D eigenvalue weighted by Crippen LogP contribution is -2.42. The number of amides is 2. The number of esters is 1. The molecule has 1 fully saturated rings. The first-order valence-corrected chi connectivity index (χ1v) is 7.64. The molecule has 120 valence electrons. The number of hydrogen-bond donors (Lipinski definition) is 0. The van der Waals surface area contributed by atoms with Crippen molar-refractivity contribution >= 4 is 17.8 Å². The van der Waals surface area contributed by atoms with E-state index in [1.807, 2.05) is 20.8 Å². The van der Waals surface area contributed by atoms with Gasteiger partial charge < -0.3 is 14.5 Å². The molecular weight excluding hydrogens is 272 g/mol. The van der Waals surface area contributed by atoms with Gasteiger partial charge in [-0.1, -0.05) is 6.92 Å². The second-order valence-electron chi connectivity index (χ2n) is 5.61. The van der Waals surface area contributed by atoms with E-state index < -0.39 is 5.97 Å². The van der Waals surface area contributed by atoms with Gasteiger partial charge in [-0.05, 0) is 27.2 Å². The van der Waals surface area contributed by atoms with Crippen LogP contribution in [0.25, 0.3) is 0 Å². The van der Waals surface area contributed by atoms with E-state index in [4.69, 9.17) is 4.74 Å². The highest BCUT2D eigenvalue weighted by atomic mass is 16.5. The Morgan fingerprint density at radius 3 is 2.52 bits per heavy atom. The quantitative estimate of drug-likeness (QED) is 0.659. The van der Waals surface area contributed by atoms with Gasteiger partial charge in [-0.2, -0.15) is 0 Å². The van der Waals surface area contributed by atoms with E-state index in [1.54, 1.807) is 11.8 Å². The van der Waals surface area contributed by atoms with Crippen molar-refractivity contribution in [3.63, 3.8) is 0 Å². The van der Waals surface area contributed by atoms with Gasteiger partial charge in [-0.3, -0.25) is 14.4 Å². The van der Waals surface area contributed by atoms with Crippen molar-refractivity contribution in [2.75, 3.05) is 26.2 Å². The highest BCUT2D eigenvalue weighted by molar-refractivity contribution is 5.90. The standard InChI is InChI=1S/C15H26N2O4/c1-5-7-16(10-14(19)21-6-2)15(20)12-8-13(18)17(9-12)11(3)4/h11-12H,5-10H2,1-4H3. The Labute approximate surface area is 126 Å². The molecule has 1 saturated heterocycles. The molecule has 6 heteroatoms. The van der Waals surface area contributed by atoms with Crippen molar-refractivity contribution in [3.8, 4) is 0 Å². The van der Waals surface area contributed by atoms with Crippen LogP contribution >= 0.6 is 0 Å². The van der Waals surface area contributed by atoms with Crippen molar-refractivity contribution < 1.29 is 19.1 Å². The Morgan fingerprint density at radius 2 is 2.05 bits per heavy atom. The summed E-state index contributed by atoms with van der Waals surface area (Å²) in [5, 5.41) is 0. The first-order valence-electron chi connectivity index (χ1n) is 7.64. The maximum Gasteiger partial charge on any atom is 0.325 e. The molecule has 0 aliphatic carbocycles. The fourth-order valence-corrected chi connectivity index (χ4v) is 2.55. The first kappa shape index (κ1) is 17.5. The summed E-state index contributed by atoms with van der Waals surface area (Å²) in [6.07, 6.45) is 1.000. The average molecular weight is 298 g/mol. The Morgan fingerprint density at radius 1 is 1.38 bits per heavy atom. The molecule has 0 aromatic carbocycles. The highest BCUT2D eigenvalue weighted by Crippen LogP contribution is 2.22. The molecule has 1 atom stereocenters. The van der Waals surface area contributed by atoms with Crippen LogP contribution in [0.15, 0.2) is 0 Å². The molecule has 0 spiro atoms. The summed E-state index contributed by atoms with van der Waals surface area (Å²) in [5.41, 5.74) is 0. The lowest BCUT2D eigenvalue weighted by atomic mass is 10.1. The minimum absolute atomic E-state index is 0.0101. The molecule has 2 amide bonds. The van der Waals surface area contributed by atoms with Gasteiger partial charge in [-0.25, -0.2) is 0 Å². The van der Waals surface area contributed by atoms with Gasteiger partial charge in [0.15, 0.2) is 0 Å². The van der Waals surface area contributed by atoms with Gasteiger partial charge in [0, 0.05) is 25.6 Å². The summed E-state index contributed by atoms with van der Waals surface area (Å²) in [7, 11) is 0. The van der Waals surface area contributed by atoms with Crippen LogP contribution in [0.3, 0.4) is 0 Å². The number of ether oxygens (including phenoxy) is 1. The van der Waals surface area contributed by atoms with Gasteiger partial charge in [0.25, 0.3) is 0 Å². The van der Waals surface area contributed by atoms with E-state index in [1.165, 1.54) is 4.90 Å². The third-order valence-electron chi connectivity index (χ3n) is 3.56. The fraction of sp³-hybridized carbons (Fsp3) is 0.800. The highest BCUT2D eigenvalue weighted by Gasteiger charge is 2.37. The van der Waals surface area contributed by atoms with E-state index in [0.29, 0.717) is 19.7 Å². The predicted octanol–water partition coefficient (Wildman–Crippen LogP) is 1.04. The van der Waals surface area contributed by atoms with Crippen molar-refractivity contribution in [1.29, 1.82) is 0 Å². The van der Waals surface area contributed by atoms with Crippen LogP contribution in [0.5, 0.6) is 0 Å². The van der Waals surface area contributed by atoms with Gasteiger partial charge in [-0.15, -0.1) is 0 Å². The number of hydrogen-bond acceptors (Lipinski definition) is 4. The third-order valence-corrected chi connectivity index (χ3v) is 3.56. The minimum Gasteiger partial charge on any atom is -0.465 e. The maximum atomic E-state index is 12.5. The van der Waals surface area contributed by atoms with Crippen molar-refractivity contribution in [2.45, 2.75) is 46.6 Å². The summed E-state index contributed by atoms with van der Waals surface area (Å²) in [6.45, 7) is 8.78. The first-order chi connectivity index (χ1) is 9.90. The Kier molecular flexibility index (Phi) is 6.65. The monoisotopic (exact) mass is 298 g/mol. The topological polar surface area (TPSA) is 66.9 Å². The normalized spacial score (nSPS) is 18.2. The maximum absolute atomic E-state index is 12.5. The molecule has 1 unspecified atom stereocenters. The molecular formula is C15H26N2O4. The number of carbonyl (C=O) groups is 3. The van der Waals surface area contributed by atoms with Crippen LogP contribution in [0, 0.1) is 5.92 Å². The summed E-state index contributed by atoms with van der Waals surface area (Å²) >= 11 is 0. The van der Waals surface area contributed by atoms with Crippen LogP contribution < -0.4 is 0 Å². The number of nitrogens with zero attached hydrogens (tertiary/aromatic N) is 2. The molecule has 1 aliphatic heterocycles. The number of carbonyl (C=O) groups excluding carboxylic acids is 3. The molecule has 0 aromatic rings. The molecule has 0 aromatic heterocycles. The Bertz CT molecular complexity index is 395. The number of likely N-dealkylation sites (tertiary alicyclic amines) is 1. The smallest absolute Gasteiger partial charge is 0.325 e. The zero-order valence-corrected chi connectivity index (χ0v) is 13.4. The van der Waals surface area contributed by atoms with Crippen molar-refractivity contribution in [2.24, 2.45) is 5.92 Å². The molecule has 1 heterocycles. The van der Waals surface area contributed by atoms with Crippen molar-refractivity contribution in [3.05, 3.63) is 0 Å². The number of rotatable bonds is 7. The van der Waals surface area contributed by atoms with Crippen LogP contribution in [-0.4, -0.2) is 59.9 Å². The van der Waals surface area contributed by atoms with Crippen molar-refractivity contribution in [1.82, 2.24) is 9.80 Å². The molecule has 1 rings (SSSR count). The zero-order valence-electron chi connectivity index (χ0n) is 13.4. The fourth-order valence-electron chi connectivity index (χ4n) is 2.55. The van der Waals surface area contributed by atoms with Gasteiger partial charge in [0.05, 0.1) is 12.5 Å². The molecule has 0 radical (unpaired) electrons. The minimum atomic E-state index is -0.399. The molecule has 0 N–H and O–H groups in total. The van der Waals surface area contributed by atoms with Gasteiger partial charge in [0.1, 0.15) is 6.54 Å². The summed E-state index contributed by atoms with van der Waals surface area (Å²) in [5.74, 6) is -0.859. The summed E-state index contributed by atoms with van der Waals surface area (Å²) < 4.78 is 4.90. The van der Waals surface area contributed by atoms with Crippen LogP contribution in [-0.2, 0) is 19.1 Å². The van der Waals surface area contributed by atoms with Crippen LogP contribution in [0.4, 0.5) is 0 Å². The molecule has 0 saturated carbocycles. The zero-order chi connectivity index (χ0) is 16.0. The molecule has 6 nitrogen and oxygen atoms in total. The second kappa shape index (κ2) is 8.00. The predicted molar refractivity (Wildman–Crippen MR) is 78.5 cm³/mol. The SMILES string of the molecule is CCCN(CC(=O)OCC)C(=O)C1CC(=O)N(C(C)C)C1. The lowest BCUT2D eigenvalue weighted by molar-refractivity contribution is -0.150. The van der Waals surface area contributed by atoms with Crippen LogP contribution in [0.1, 0.15) is 40.5 Å². The van der Waals surface area contributed by atoms with E-state index in [0.717, 1.165) is 6.42 Å². The lowest BCUT2D eigenvalue weighted by Gasteiger charge is -2.25. The van der Waals surface area contributed by atoms with E-state index in [-0.39, 0.29) is 36.7 Å².